The fraction of sp³-hybridized carbons (Fsp3) is 0.250. The molecule has 0 aliphatic heterocycles. The average Bonchev–Trinajstić information content (AvgIpc) is 2.35. The minimum absolute atomic E-state index is 0.0808. The van der Waals surface area contributed by atoms with Crippen LogP contribution in [-0.4, -0.2) is 21.5 Å². The van der Waals surface area contributed by atoms with Crippen molar-refractivity contribution in [3.63, 3.8) is 0 Å². The number of nitrogens with zero attached hydrogens (tertiary/aromatic N) is 3. The number of anilines is 3. The summed E-state index contributed by atoms with van der Waals surface area (Å²) in [6, 6.07) is 3.04. The molecule has 0 radical (unpaired) electrons. The molecule has 5 nitrogen and oxygen atoms in total. The topological polar surface area (TPSA) is 62.7 Å². The van der Waals surface area contributed by atoms with Crippen LogP contribution in [0.2, 0.25) is 5.28 Å². The van der Waals surface area contributed by atoms with Gasteiger partial charge in [0.2, 0.25) is 17.2 Å². The Labute approximate surface area is 129 Å². The van der Waals surface area contributed by atoms with Crippen LogP contribution in [0.1, 0.15) is 12.5 Å². The maximum atomic E-state index is 13.4. The number of aryl methyl sites for hydroxylation is 1. The monoisotopic (exact) mass is 359 g/mol. The molecule has 8 heteroatoms. The highest BCUT2D eigenvalue weighted by molar-refractivity contribution is 9.10. The molecule has 0 unspecified atom stereocenters. The van der Waals surface area contributed by atoms with Crippen LogP contribution in [0, 0.1) is 12.7 Å². The quantitative estimate of drug-likeness (QED) is 0.865. The smallest absolute Gasteiger partial charge is 0.233 e. The van der Waals surface area contributed by atoms with E-state index in [0.29, 0.717) is 28.6 Å². The number of rotatable bonds is 4. The van der Waals surface area contributed by atoms with Crippen LogP contribution in [0.25, 0.3) is 0 Å². The summed E-state index contributed by atoms with van der Waals surface area (Å²) >= 11 is 8.98. The first-order valence-corrected chi connectivity index (χ1v) is 7.04. The third-order valence-corrected chi connectivity index (χ3v) is 3.23. The van der Waals surface area contributed by atoms with Crippen molar-refractivity contribution in [1.82, 2.24) is 15.0 Å². The second-order valence-corrected chi connectivity index (χ2v) is 5.18. The molecule has 0 bridgehead atoms. The highest BCUT2D eigenvalue weighted by Gasteiger charge is 2.09. The van der Waals surface area contributed by atoms with Gasteiger partial charge in [-0.3, -0.25) is 0 Å². The first kappa shape index (κ1) is 14.9. The summed E-state index contributed by atoms with van der Waals surface area (Å²) in [4.78, 5) is 12.1. The molecule has 0 fully saturated rings. The van der Waals surface area contributed by atoms with Crippen LogP contribution in [0.4, 0.5) is 22.0 Å². The van der Waals surface area contributed by atoms with Crippen molar-refractivity contribution in [3.8, 4) is 0 Å². The van der Waals surface area contributed by atoms with Crippen molar-refractivity contribution in [2.45, 2.75) is 13.8 Å². The van der Waals surface area contributed by atoms with E-state index in [9.17, 15) is 4.39 Å². The van der Waals surface area contributed by atoms with Crippen LogP contribution >= 0.6 is 27.5 Å². The molecule has 1 heterocycles. The molecule has 0 saturated heterocycles. The van der Waals surface area contributed by atoms with Gasteiger partial charge in [0.15, 0.2) is 0 Å². The van der Waals surface area contributed by atoms with Crippen molar-refractivity contribution >= 4 is 45.1 Å². The lowest BCUT2D eigenvalue weighted by molar-refractivity contribution is 0.620. The van der Waals surface area contributed by atoms with E-state index in [1.807, 2.05) is 6.92 Å². The Morgan fingerprint density at radius 3 is 2.65 bits per heavy atom. The lowest BCUT2D eigenvalue weighted by atomic mass is 10.2. The molecule has 0 spiro atoms. The zero-order valence-corrected chi connectivity index (χ0v) is 13.2. The van der Waals surface area contributed by atoms with Crippen LogP contribution in [0.5, 0.6) is 0 Å². The summed E-state index contributed by atoms with van der Waals surface area (Å²) in [6.07, 6.45) is 0. The molecule has 2 aromatic rings. The van der Waals surface area contributed by atoms with Gasteiger partial charge < -0.3 is 10.6 Å². The van der Waals surface area contributed by atoms with Gasteiger partial charge in [-0.1, -0.05) is 0 Å². The molecule has 1 aromatic heterocycles. The Bertz CT molecular complexity index is 637. The Balaban J connectivity index is 2.32. The summed E-state index contributed by atoms with van der Waals surface area (Å²) in [5.41, 5.74) is 1.41. The maximum absolute atomic E-state index is 13.4. The van der Waals surface area contributed by atoms with Crippen LogP contribution in [-0.2, 0) is 0 Å². The van der Waals surface area contributed by atoms with Crippen LogP contribution < -0.4 is 10.6 Å². The Morgan fingerprint density at radius 1 is 1.25 bits per heavy atom. The zero-order valence-electron chi connectivity index (χ0n) is 10.8. The summed E-state index contributed by atoms with van der Waals surface area (Å²) in [5, 5.41) is 6.03. The second kappa shape index (κ2) is 6.32. The molecule has 106 valence electrons. The summed E-state index contributed by atoms with van der Waals surface area (Å²) in [6.45, 7) is 4.37. The van der Waals surface area contributed by atoms with E-state index < -0.39 is 0 Å². The third-order valence-electron chi connectivity index (χ3n) is 2.46. The van der Waals surface area contributed by atoms with E-state index in [1.54, 1.807) is 13.0 Å². The molecule has 1 aromatic carbocycles. The van der Waals surface area contributed by atoms with E-state index in [-0.39, 0.29) is 11.1 Å². The second-order valence-electron chi connectivity index (χ2n) is 3.99. The van der Waals surface area contributed by atoms with Gasteiger partial charge in [-0.05, 0) is 59.1 Å². The first-order valence-electron chi connectivity index (χ1n) is 5.87. The van der Waals surface area contributed by atoms with Crippen LogP contribution in [0.3, 0.4) is 0 Å². The molecular formula is C12H12BrClFN5. The zero-order chi connectivity index (χ0) is 14.7. The van der Waals surface area contributed by atoms with Gasteiger partial charge >= 0.3 is 0 Å². The van der Waals surface area contributed by atoms with Crippen molar-refractivity contribution in [2.75, 3.05) is 17.2 Å². The van der Waals surface area contributed by atoms with E-state index >= 15 is 0 Å². The molecule has 0 aliphatic carbocycles. The summed E-state index contributed by atoms with van der Waals surface area (Å²) in [7, 11) is 0. The molecule has 0 atom stereocenters. The number of hydrogen-bond acceptors (Lipinski definition) is 5. The molecule has 2 N–H and O–H groups in total. The summed E-state index contributed by atoms with van der Waals surface area (Å²) < 4.78 is 13.7. The van der Waals surface area contributed by atoms with Gasteiger partial charge in [0.1, 0.15) is 5.82 Å². The Morgan fingerprint density at radius 2 is 1.95 bits per heavy atom. The third kappa shape index (κ3) is 3.55. The Hall–Kier alpha value is -1.47. The molecular weight excluding hydrogens is 349 g/mol. The van der Waals surface area contributed by atoms with Crippen molar-refractivity contribution < 1.29 is 4.39 Å². The molecule has 20 heavy (non-hydrogen) atoms. The van der Waals surface area contributed by atoms with E-state index in [2.05, 4.69) is 41.5 Å². The SMILES string of the molecule is CCNc1nc(Cl)nc(Nc2cc(Br)c(F)cc2C)n1. The minimum atomic E-state index is -0.324. The normalized spacial score (nSPS) is 10.4. The largest absolute Gasteiger partial charge is 0.354 e. The summed E-state index contributed by atoms with van der Waals surface area (Å²) in [5.74, 6) is 0.353. The minimum Gasteiger partial charge on any atom is -0.354 e. The fourth-order valence-corrected chi connectivity index (χ4v) is 2.05. The van der Waals surface area contributed by atoms with E-state index in [1.165, 1.54) is 6.07 Å². The van der Waals surface area contributed by atoms with Gasteiger partial charge in [0.05, 0.1) is 4.47 Å². The van der Waals surface area contributed by atoms with E-state index in [4.69, 9.17) is 11.6 Å². The Kier molecular flexibility index (Phi) is 4.72. The van der Waals surface area contributed by atoms with Gasteiger partial charge in [-0.15, -0.1) is 0 Å². The maximum Gasteiger partial charge on any atom is 0.233 e. The predicted octanol–water partition coefficient (Wildman–Crippen LogP) is 3.91. The van der Waals surface area contributed by atoms with Crippen LogP contribution in [0.15, 0.2) is 16.6 Å². The van der Waals surface area contributed by atoms with Crippen molar-refractivity contribution in [2.24, 2.45) is 0 Å². The molecule has 2 rings (SSSR count). The first-order chi connectivity index (χ1) is 9.49. The van der Waals surface area contributed by atoms with Crippen molar-refractivity contribution in [1.29, 1.82) is 0 Å². The number of halogens is 3. The van der Waals surface area contributed by atoms with Gasteiger partial charge in [-0.2, -0.15) is 15.0 Å². The fourth-order valence-electron chi connectivity index (χ4n) is 1.54. The van der Waals surface area contributed by atoms with Gasteiger partial charge in [0, 0.05) is 12.2 Å². The molecule has 0 amide bonds. The highest BCUT2D eigenvalue weighted by Crippen LogP contribution is 2.26. The molecule has 0 aliphatic rings. The lowest BCUT2D eigenvalue weighted by Crippen LogP contribution is -2.07. The van der Waals surface area contributed by atoms with Gasteiger partial charge in [-0.25, -0.2) is 4.39 Å². The van der Waals surface area contributed by atoms with Gasteiger partial charge in [0.25, 0.3) is 0 Å². The number of aromatic nitrogens is 3. The van der Waals surface area contributed by atoms with Crippen molar-refractivity contribution in [3.05, 3.63) is 33.3 Å². The average molecular weight is 361 g/mol. The standard InChI is InChI=1S/C12H12BrClFN5/c1-3-16-11-18-10(14)19-12(20-11)17-9-5-7(13)8(15)4-6(9)2/h4-5H,3H2,1-2H3,(H2,16,17,18,19,20). The lowest BCUT2D eigenvalue weighted by Gasteiger charge is -2.10. The number of nitrogens with one attached hydrogen (secondary N) is 2. The predicted molar refractivity (Wildman–Crippen MR) is 81.1 cm³/mol. The van der Waals surface area contributed by atoms with E-state index in [0.717, 1.165) is 5.56 Å². The number of benzene rings is 1. The number of hydrogen-bond donors (Lipinski definition) is 2. The molecule has 0 saturated carbocycles. The highest BCUT2D eigenvalue weighted by atomic mass is 79.9.